The van der Waals surface area contributed by atoms with Gasteiger partial charge in [0.05, 0.1) is 0 Å². The fourth-order valence-electron chi connectivity index (χ4n) is 1.85. The number of carbonyl (C=O) groups excluding carboxylic acids is 1. The number of amides is 1. The Morgan fingerprint density at radius 3 is 2.50 bits per heavy atom. The minimum Gasteiger partial charge on any atom is -0.327 e. The standard InChI is InChI=1S/C16H27N3O/c1-13(2)15(17)9-11-19(3)12-10-16(20)18-14-7-5-4-6-8-14/h4-8,13,15H,9-12,17H2,1-3H3,(H,18,20). The lowest BCUT2D eigenvalue weighted by molar-refractivity contribution is -0.116. The van der Waals surface area contributed by atoms with Gasteiger partial charge in [0.1, 0.15) is 0 Å². The van der Waals surface area contributed by atoms with Gasteiger partial charge in [0.2, 0.25) is 5.91 Å². The Morgan fingerprint density at radius 1 is 1.25 bits per heavy atom. The van der Waals surface area contributed by atoms with E-state index in [-0.39, 0.29) is 11.9 Å². The topological polar surface area (TPSA) is 58.4 Å². The summed E-state index contributed by atoms with van der Waals surface area (Å²) >= 11 is 0. The lowest BCUT2D eigenvalue weighted by Gasteiger charge is -2.21. The molecule has 0 saturated heterocycles. The van der Waals surface area contributed by atoms with Gasteiger partial charge in [-0.2, -0.15) is 0 Å². The van der Waals surface area contributed by atoms with Gasteiger partial charge in [0.25, 0.3) is 0 Å². The molecule has 4 heteroatoms. The highest BCUT2D eigenvalue weighted by atomic mass is 16.1. The van der Waals surface area contributed by atoms with Crippen molar-refractivity contribution in [3.8, 4) is 0 Å². The van der Waals surface area contributed by atoms with Crippen molar-refractivity contribution < 1.29 is 4.79 Å². The van der Waals surface area contributed by atoms with Gasteiger partial charge in [-0.1, -0.05) is 32.0 Å². The summed E-state index contributed by atoms with van der Waals surface area (Å²) in [6, 6.07) is 9.77. The molecule has 20 heavy (non-hydrogen) atoms. The van der Waals surface area contributed by atoms with E-state index >= 15 is 0 Å². The van der Waals surface area contributed by atoms with Crippen LogP contribution in [-0.4, -0.2) is 37.0 Å². The van der Waals surface area contributed by atoms with E-state index < -0.39 is 0 Å². The third-order valence-electron chi connectivity index (χ3n) is 3.48. The molecule has 1 amide bonds. The molecule has 1 atom stereocenters. The number of anilines is 1. The smallest absolute Gasteiger partial charge is 0.225 e. The van der Waals surface area contributed by atoms with Crippen LogP contribution >= 0.6 is 0 Å². The molecular formula is C16H27N3O. The van der Waals surface area contributed by atoms with Gasteiger partial charge in [-0.3, -0.25) is 4.79 Å². The summed E-state index contributed by atoms with van der Waals surface area (Å²) in [5.41, 5.74) is 6.87. The quantitative estimate of drug-likeness (QED) is 0.766. The zero-order chi connectivity index (χ0) is 15.0. The minimum atomic E-state index is 0.0520. The summed E-state index contributed by atoms with van der Waals surface area (Å²) < 4.78 is 0. The Labute approximate surface area is 122 Å². The first-order valence-electron chi connectivity index (χ1n) is 7.28. The van der Waals surface area contributed by atoms with Gasteiger partial charge >= 0.3 is 0 Å². The van der Waals surface area contributed by atoms with Crippen LogP contribution in [0.4, 0.5) is 5.69 Å². The van der Waals surface area contributed by atoms with Gasteiger partial charge in [-0.05, 0) is 38.1 Å². The summed E-state index contributed by atoms with van der Waals surface area (Å²) in [5.74, 6) is 0.556. The van der Waals surface area contributed by atoms with Gasteiger partial charge in [-0.15, -0.1) is 0 Å². The highest BCUT2D eigenvalue weighted by Crippen LogP contribution is 2.06. The molecule has 3 N–H and O–H groups in total. The first-order valence-corrected chi connectivity index (χ1v) is 7.28. The van der Waals surface area contributed by atoms with Crippen LogP contribution in [-0.2, 0) is 4.79 Å². The van der Waals surface area contributed by atoms with Crippen molar-refractivity contribution in [1.82, 2.24) is 4.90 Å². The van der Waals surface area contributed by atoms with E-state index in [1.807, 2.05) is 37.4 Å². The number of benzene rings is 1. The highest BCUT2D eigenvalue weighted by Gasteiger charge is 2.10. The van der Waals surface area contributed by atoms with Gasteiger partial charge in [-0.25, -0.2) is 0 Å². The van der Waals surface area contributed by atoms with Gasteiger partial charge in [0.15, 0.2) is 0 Å². The molecular weight excluding hydrogens is 250 g/mol. The fraction of sp³-hybridized carbons (Fsp3) is 0.562. The number of carbonyl (C=O) groups is 1. The Kier molecular flexibility index (Phi) is 7.26. The van der Waals surface area contributed by atoms with Crippen LogP contribution < -0.4 is 11.1 Å². The van der Waals surface area contributed by atoms with Crippen LogP contribution in [0, 0.1) is 5.92 Å². The molecule has 112 valence electrons. The summed E-state index contributed by atoms with van der Waals surface area (Å²) in [6.07, 6.45) is 1.47. The number of hydrogen-bond donors (Lipinski definition) is 2. The third-order valence-corrected chi connectivity index (χ3v) is 3.48. The van der Waals surface area contributed by atoms with E-state index in [9.17, 15) is 4.79 Å². The van der Waals surface area contributed by atoms with Crippen LogP contribution in [0.15, 0.2) is 30.3 Å². The number of nitrogens with zero attached hydrogens (tertiary/aromatic N) is 1. The summed E-state index contributed by atoms with van der Waals surface area (Å²) in [7, 11) is 2.03. The normalized spacial score (nSPS) is 12.7. The second kappa shape index (κ2) is 8.72. The van der Waals surface area contributed by atoms with Crippen molar-refractivity contribution in [2.75, 3.05) is 25.5 Å². The maximum atomic E-state index is 11.8. The van der Waals surface area contributed by atoms with E-state index in [4.69, 9.17) is 5.73 Å². The molecule has 0 saturated carbocycles. The average Bonchev–Trinajstić information content (AvgIpc) is 2.43. The van der Waals surface area contributed by atoms with Crippen molar-refractivity contribution in [3.63, 3.8) is 0 Å². The number of nitrogens with two attached hydrogens (primary N) is 1. The van der Waals surface area contributed by atoms with Crippen LogP contribution in [0.5, 0.6) is 0 Å². The second-order valence-corrected chi connectivity index (χ2v) is 5.66. The van der Waals surface area contributed by atoms with Crippen LogP contribution in [0.2, 0.25) is 0 Å². The maximum Gasteiger partial charge on any atom is 0.225 e. The molecule has 1 rings (SSSR count). The average molecular weight is 277 g/mol. The van der Waals surface area contributed by atoms with Crippen molar-refractivity contribution in [1.29, 1.82) is 0 Å². The Hall–Kier alpha value is -1.39. The Balaban J connectivity index is 2.20. The number of para-hydroxylation sites is 1. The zero-order valence-electron chi connectivity index (χ0n) is 12.8. The zero-order valence-corrected chi connectivity index (χ0v) is 12.8. The Bertz CT molecular complexity index is 392. The lowest BCUT2D eigenvalue weighted by Crippen LogP contribution is -2.33. The predicted octanol–water partition coefficient (Wildman–Crippen LogP) is 2.32. The van der Waals surface area contributed by atoms with Crippen molar-refractivity contribution in [3.05, 3.63) is 30.3 Å². The molecule has 0 aliphatic carbocycles. The van der Waals surface area contributed by atoms with E-state index in [1.165, 1.54) is 0 Å². The summed E-state index contributed by atoms with van der Waals surface area (Å²) in [4.78, 5) is 14.0. The number of nitrogens with one attached hydrogen (secondary N) is 1. The summed E-state index contributed by atoms with van der Waals surface area (Å²) in [6.45, 7) is 5.96. The van der Waals surface area contributed by atoms with E-state index in [2.05, 4.69) is 24.1 Å². The van der Waals surface area contributed by atoms with Gasteiger partial charge < -0.3 is 16.0 Å². The molecule has 0 aliphatic heterocycles. The molecule has 1 unspecified atom stereocenters. The monoisotopic (exact) mass is 277 g/mol. The highest BCUT2D eigenvalue weighted by molar-refractivity contribution is 5.90. The molecule has 4 nitrogen and oxygen atoms in total. The molecule has 1 aromatic rings. The lowest BCUT2D eigenvalue weighted by atomic mass is 10.0. The second-order valence-electron chi connectivity index (χ2n) is 5.66. The molecule has 0 fully saturated rings. The summed E-state index contributed by atoms with van der Waals surface area (Å²) in [5, 5.41) is 2.89. The van der Waals surface area contributed by atoms with Crippen LogP contribution in [0.3, 0.4) is 0 Å². The van der Waals surface area contributed by atoms with Gasteiger partial charge in [0, 0.05) is 24.7 Å². The minimum absolute atomic E-state index is 0.0520. The number of hydrogen-bond acceptors (Lipinski definition) is 3. The Morgan fingerprint density at radius 2 is 1.90 bits per heavy atom. The first-order chi connectivity index (χ1) is 9.49. The SMILES string of the molecule is CC(C)C(N)CCN(C)CCC(=O)Nc1ccccc1. The van der Waals surface area contributed by atoms with Crippen molar-refractivity contribution in [2.24, 2.45) is 11.7 Å². The molecule has 0 bridgehead atoms. The molecule has 1 aromatic carbocycles. The molecule has 0 radical (unpaired) electrons. The third kappa shape index (κ3) is 6.68. The van der Waals surface area contributed by atoms with E-state index in [0.29, 0.717) is 12.3 Å². The molecule has 0 aliphatic rings. The first kappa shape index (κ1) is 16.7. The molecule has 0 spiro atoms. The van der Waals surface area contributed by atoms with E-state index in [1.54, 1.807) is 0 Å². The number of rotatable bonds is 8. The molecule has 0 aromatic heterocycles. The molecule has 0 heterocycles. The van der Waals surface area contributed by atoms with Crippen molar-refractivity contribution >= 4 is 11.6 Å². The van der Waals surface area contributed by atoms with E-state index in [0.717, 1.165) is 25.2 Å². The maximum absolute atomic E-state index is 11.8. The van der Waals surface area contributed by atoms with Crippen molar-refractivity contribution in [2.45, 2.75) is 32.7 Å². The fourth-order valence-corrected chi connectivity index (χ4v) is 1.85. The predicted molar refractivity (Wildman–Crippen MR) is 84.6 cm³/mol. The largest absolute Gasteiger partial charge is 0.327 e. The van der Waals surface area contributed by atoms with Crippen LogP contribution in [0.1, 0.15) is 26.7 Å². The van der Waals surface area contributed by atoms with Crippen LogP contribution in [0.25, 0.3) is 0 Å².